The Bertz CT molecular complexity index is 340. The van der Waals surface area contributed by atoms with Crippen LogP contribution in [0.1, 0.15) is 43.9 Å². The average Bonchev–Trinajstić information content (AvgIpc) is 2.72. The summed E-state index contributed by atoms with van der Waals surface area (Å²) in [4.78, 5) is 0. The normalized spacial score (nSPS) is 22.4. The molecule has 4 heteroatoms. The third-order valence-electron chi connectivity index (χ3n) is 3.09. The highest BCUT2D eigenvalue weighted by Gasteiger charge is 2.27. The largest absolute Gasteiger partial charge is 0.314 e. The molecule has 1 unspecified atom stereocenters. The zero-order valence-electron chi connectivity index (χ0n) is 8.53. The van der Waals surface area contributed by atoms with E-state index in [1.54, 1.807) is 0 Å². The fourth-order valence-corrected chi connectivity index (χ4v) is 2.17. The lowest BCUT2D eigenvalue weighted by molar-refractivity contribution is 0.513. The van der Waals surface area contributed by atoms with Gasteiger partial charge < -0.3 is 9.88 Å². The monoisotopic (exact) mass is 192 g/mol. The summed E-state index contributed by atoms with van der Waals surface area (Å²) < 4.78 is 2.28. The molecule has 1 fully saturated rings. The molecular weight excluding hydrogens is 176 g/mol. The van der Waals surface area contributed by atoms with Crippen molar-refractivity contribution >= 4 is 0 Å². The molecule has 0 radical (unpaired) electrons. The van der Waals surface area contributed by atoms with Crippen molar-refractivity contribution in [3.05, 3.63) is 11.6 Å². The fraction of sp³-hybridized carbons (Fsp3) is 0.800. The van der Waals surface area contributed by atoms with Gasteiger partial charge in [0.1, 0.15) is 11.6 Å². The third kappa shape index (κ3) is 1.34. The Morgan fingerprint density at radius 3 is 3.07 bits per heavy atom. The molecule has 3 rings (SSSR count). The predicted octanol–water partition coefficient (Wildman–Crippen LogP) is 1.04. The molecule has 14 heavy (non-hydrogen) atoms. The number of hydrogen-bond acceptors (Lipinski definition) is 3. The van der Waals surface area contributed by atoms with Crippen molar-refractivity contribution < 1.29 is 0 Å². The molecular formula is C10H16N4. The van der Waals surface area contributed by atoms with Gasteiger partial charge in [-0.3, -0.25) is 0 Å². The first kappa shape index (κ1) is 8.41. The van der Waals surface area contributed by atoms with Crippen LogP contribution in [-0.2, 0) is 13.0 Å². The Kier molecular flexibility index (Phi) is 1.83. The number of rotatable bonds is 3. The molecule has 1 aliphatic heterocycles. The highest BCUT2D eigenvalue weighted by molar-refractivity contribution is 5.05. The zero-order chi connectivity index (χ0) is 9.54. The number of fused-ring (bicyclic) bond motifs is 1. The van der Waals surface area contributed by atoms with E-state index in [1.807, 2.05) is 0 Å². The molecule has 0 saturated heterocycles. The lowest BCUT2D eigenvalue weighted by Crippen LogP contribution is -2.23. The summed E-state index contributed by atoms with van der Waals surface area (Å²) in [5.41, 5.74) is 0. The molecule has 76 valence electrons. The molecule has 1 aromatic heterocycles. The summed E-state index contributed by atoms with van der Waals surface area (Å²) in [7, 11) is 0. The molecule has 0 spiro atoms. The SMILES string of the molecule is CC(NC1CC1)c1nnc2n1CCC2. The van der Waals surface area contributed by atoms with E-state index in [9.17, 15) is 0 Å². The Hall–Kier alpha value is -0.900. The van der Waals surface area contributed by atoms with Crippen LogP contribution in [0, 0.1) is 0 Å². The lowest BCUT2D eigenvalue weighted by atomic mass is 10.3. The van der Waals surface area contributed by atoms with Crippen molar-refractivity contribution in [2.75, 3.05) is 0 Å². The Balaban J connectivity index is 1.80. The zero-order valence-corrected chi connectivity index (χ0v) is 8.53. The summed E-state index contributed by atoms with van der Waals surface area (Å²) >= 11 is 0. The van der Waals surface area contributed by atoms with E-state index in [0.29, 0.717) is 6.04 Å². The summed E-state index contributed by atoms with van der Waals surface area (Å²) in [6.07, 6.45) is 4.98. The van der Waals surface area contributed by atoms with E-state index >= 15 is 0 Å². The van der Waals surface area contributed by atoms with Crippen LogP contribution < -0.4 is 5.32 Å². The average molecular weight is 192 g/mol. The molecule has 0 amide bonds. The first-order chi connectivity index (χ1) is 6.84. The first-order valence-corrected chi connectivity index (χ1v) is 5.52. The summed E-state index contributed by atoms with van der Waals surface area (Å²) in [5.74, 6) is 2.30. The minimum atomic E-state index is 0.363. The molecule has 0 bridgehead atoms. The van der Waals surface area contributed by atoms with Crippen molar-refractivity contribution in [3.8, 4) is 0 Å². The molecule has 2 aliphatic rings. The Labute approximate surface area is 83.7 Å². The molecule has 1 saturated carbocycles. The van der Waals surface area contributed by atoms with Gasteiger partial charge in [-0.1, -0.05) is 0 Å². The second kappa shape index (κ2) is 3.05. The molecule has 4 nitrogen and oxygen atoms in total. The van der Waals surface area contributed by atoms with Crippen LogP contribution in [0.2, 0.25) is 0 Å². The van der Waals surface area contributed by atoms with Crippen molar-refractivity contribution in [1.82, 2.24) is 20.1 Å². The van der Waals surface area contributed by atoms with Crippen LogP contribution in [0.25, 0.3) is 0 Å². The molecule has 1 aliphatic carbocycles. The van der Waals surface area contributed by atoms with Crippen LogP contribution in [0.15, 0.2) is 0 Å². The third-order valence-corrected chi connectivity index (χ3v) is 3.09. The number of nitrogens with zero attached hydrogens (tertiary/aromatic N) is 3. The molecule has 0 aromatic carbocycles. The number of aromatic nitrogens is 3. The summed E-state index contributed by atoms with van der Waals surface area (Å²) in [6, 6.07) is 1.10. The lowest BCUT2D eigenvalue weighted by Gasteiger charge is -2.12. The maximum Gasteiger partial charge on any atom is 0.149 e. The van der Waals surface area contributed by atoms with Gasteiger partial charge in [0, 0.05) is 19.0 Å². The van der Waals surface area contributed by atoms with Crippen LogP contribution in [0.4, 0.5) is 0 Å². The minimum Gasteiger partial charge on any atom is -0.314 e. The first-order valence-electron chi connectivity index (χ1n) is 5.52. The van der Waals surface area contributed by atoms with E-state index in [2.05, 4.69) is 27.0 Å². The number of hydrogen-bond donors (Lipinski definition) is 1. The van der Waals surface area contributed by atoms with Crippen molar-refractivity contribution in [1.29, 1.82) is 0 Å². The Morgan fingerprint density at radius 2 is 2.29 bits per heavy atom. The second-order valence-corrected chi connectivity index (χ2v) is 4.39. The van der Waals surface area contributed by atoms with Crippen LogP contribution >= 0.6 is 0 Å². The van der Waals surface area contributed by atoms with Crippen LogP contribution in [-0.4, -0.2) is 20.8 Å². The van der Waals surface area contributed by atoms with Gasteiger partial charge in [0.2, 0.25) is 0 Å². The van der Waals surface area contributed by atoms with Gasteiger partial charge in [-0.25, -0.2) is 0 Å². The highest BCUT2D eigenvalue weighted by atomic mass is 15.3. The van der Waals surface area contributed by atoms with Crippen molar-refractivity contribution in [3.63, 3.8) is 0 Å². The van der Waals surface area contributed by atoms with Gasteiger partial charge in [-0.2, -0.15) is 0 Å². The smallest absolute Gasteiger partial charge is 0.149 e. The number of aryl methyl sites for hydroxylation is 1. The van der Waals surface area contributed by atoms with E-state index < -0.39 is 0 Å². The minimum absolute atomic E-state index is 0.363. The molecule has 1 aromatic rings. The predicted molar refractivity (Wildman–Crippen MR) is 52.9 cm³/mol. The maximum absolute atomic E-state index is 4.27. The van der Waals surface area contributed by atoms with Gasteiger partial charge in [0.05, 0.1) is 6.04 Å². The molecule has 2 heterocycles. The van der Waals surface area contributed by atoms with Gasteiger partial charge in [-0.05, 0) is 26.2 Å². The fourth-order valence-electron chi connectivity index (χ4n) is 2.17. The van der Waals surface area contributed by atoms with Gasteiger partial charge in [0.25, 0.3) is 0 Å². The summed E-state index contributed by atoms with van der Waals surface area (Å²) in [6.45, 7) is 3.29. The van der Waals surface area contributed by atoms with Crippen LogP contribution in [0.3, 0.4) is 0 Å². The number of nitrogens with one attached hydrogen (secondary N) is 1. The van der Waals surface area contributed by atoms with Crippen molar-refractivity contribution in [2.24, 2.45) is 0 Å². The molecule has 1 atom stereocenters. The van der Waals surface area contributed by atoms with Gasteiger partial charge in [-0.15, -0.1) is 10.2 Å². The van der Waals surface area contributed by atoms with Gasteiger partial charge >= 0.3 is 0 Å². The van der Waals surface area contributed by atoms with E-state index in [1.165, 1.54) is 25.1 Å². The van der Waals surface area contributed by atoms with Crippen LogP contribution in [0.5, 0.6) is 0 Å². The topological polar surface area (TPSA) is 42.7 Å². The maximum atomic E-state index is 4.27. The van der Waals surface area contributed by atoms with E-state index in [0.717, 1.165) is 24.8 Å². The quantitative estimate of drug-likeness (QED) is 0.778. The van der Waals surface area contributed by atoms with E-state index in [4.69, 9.17) is 0 Å². The van der Waals surface area contributed by atoms with Gasteiger partial charge in [0.15, 0.2) is 0 Å². The summed E-state index contributed by atoms with van der Waals surface area (Å²) in [5, 5.41) is 12.1. The highest BCUT2D eigenvalue weighted by Crippen LogP contribution is 2.25. The van der Waals surface area contributed by atoms with E-state index in [-0.39, 0.29) is 0 Å². The Morgan fingerprint density at radius 1 is 1.43 bits per heavy atom. The second-order valence-electron chi connectivity index (χ2n) is 4.39. The van der Waals surface area contributed by atoms with Crippen molar-refractivity contribution in [2.45, 2.75) is 51.2 Å². The standard InChI is InChI=1S/C10H16N4/c1-7(11-8-4-5-8)10-13-12-9-3-2-6-14(9)10/h7-8,11H,2-6H2,1H3. The molecule has 1 N–H and O–H groups in total.